The number of hydrogen-bond acceptors (Lipinski definition) is 6. The van der Waals surface area contributed by atoms with Crippen LogP contribution in [0.25, 0.3) is 10.8 Å². The molecule has 4 aromatic rings. The van der Waals surface area contributed by atoms with Crippen LogP contribution in [0.3, 0.4) is 0 Å². The zero-order valence-corrected chi connectivity index (χ0v) is 19.0. The summed E-state index contributed by atoms with van der Waals surface area (Å²) in [6.45, 7) is 3.71. The standard InChI is InChI=1S/C24H20O6S2/c1-17-9-13-19(14-10-17)31(25,26)29-23-7-3-6-22-21(23)5-4-8-24(22)30-32(27,28)20-15-11-18(2)12-16-20/h3-16H,1-2H3. The lowest BCUT2D eigenvalue weighted by atomic mass is 10.1. The molecule has 0 aliphatic rings. The fraction of sp³-hybridized carbons (Fsp3) is 0.0833. The molecule has 4 rings (SSSR count). The number of benzene rings is 4. The van der Waals surface area contributed by atoms with E-state index < -0.39 is 20.2 Å². The van der Waals surface area contributed by atoms with E-state index in [1.165, 1.54) is 36.4 Å². The summed E-state index contributed by atoms with van der Waals surface area (Å²) in [5.41, 5.74) is 1.84. The number of aryl methyl sites for hydroxylation is 2. The fourth-order valence-corrected chi connectivity index (χ4v) is 5.03. The summed E-state index contributed by atoms with van der Waals surface area (Å²) in [5, 5.41) is 0.805. The van der Waals surface area contributed by atoms with Crippen molar-refractivity contribution >= 4 is 31.0 Å². The molecule has 0 unspecified atom stereocenters. The fourth-order valence-electron chi connectivity index (χ4n) is 3.14. The maximum absolute atomic E-state index is 12.7. The third kappa shape index (κ3) is 4.46. The minimum absolute atomic E-state index is 0.0226. The zero-order valence-electron chi connectivity index (χ0n) is 17.3. The first-order valence-corrected chi connectivity index (χ1v) is 12.5. The highest BCUT2D eigenvalue weighted by Crippen LogP contribution is 2.35. The van der Waals surface area contributed by atoms with Crippen molar-refractivity contribution in [1.29, 1.82) is 0 Å². The SMILES string of the molecule is Cc1ccc(S(=O)(=O)Oc2cccc3c(OS(=O)(=O)c4ccc(C)cc4)cccc23)cc1. The Morgan fingerprint density at radius 2 is 0.844 bits per heavy atom. The topological polar surface area (TPSA) is 86.7 Å². The van der Waals surface area contributed by atoms with Crippen LogP contribution in [0.15, 0.2) is 94.7 Å². The van der Waals surface area contributed by atoms with Gasteiger partial charge in [-0.2, -0.15) is 16.8 Å². The highest BCUT2D eigenvalue weighted by molar-refractivity contribution is 7.87. The van der Waals surface area contributed by atoms with Crippen molar-refractivity contribution in [2.45, 2.75) is 23.6 Å². The summed E-state index contributed by atoms with van der Waals surface area (Å²) in [5.74, 6) is 0.141. The van der Waals surface area contributed by atoms with Crippen LogP contribution in [0.1, 0.15) is 11.1 Å². The number of rotatable bonds is 6. The molecule has 0 N–H and O–H groups in total. The van der Waals surface area contributed by atoms with Gasteiger partial charge in [-0.1, -0.05) is 59.7 Å². The summed E-state index contributed by atoms with van der Waals surface area (Å²) in [6, 6.07) is 22.1. The molecule has 32 heavy (non-hydrogen) atoms. The van der Waals surface area contributed by atoms with Gasteiger partial charge < -0.3 is 8.37 Å². The summed E-state index contributed by atoms with van der Waals surface area (Å²) in [7, 11) is -8.15. The van der Waals surface area contributed by atoms with Crippen molar-refractivity contribution in [2.75, 3.05) is 0 Å². The normalized spacial score (nSPS) is 11.9. The Kier molecular flexibility index (Phi) is 5.66. The highest BCUT2D eigenvalue weighted by atomic mass is 32.2. The summed E-state index contributed by atoms with van der Waals surface area (Å²) >= 11 is 0. The second-order valence-electron chi connectivity index (χ2n) is 7.31. The molecule has 0 bridgehead atoms. The first-order chi connectivity index (χ1) is 15.2. The summed E-state index contributed by atoms with van der Waals surface area (Å²) in [4.78, 5) is 0.0453. The van der Waals surface area contributed by atoms with Gasteiger partial charge in [0.15, 0.2) is 11.5 Å². The molecular formula is C24H20O6S2. The van der Waals surface area contributed by atoms with Gasteiger partial charge in [0.25, 0.3) is 0 Å². The molecule has 0 heterocycles. The lowest BCUT2D eigenvalue weighted by Gasteiger charge is -2.13. The van der Waals surface area contributed by atoms with Crippen LogP contribution < -0.4 is 8.37 Å². The van der Waals surface area contributed by atoms with Crippen LogP contribution >= 0.6 is 0 Å². The maximum Gasteiger partial charge on any atom is 0.339 e. The molecule has 0 radical (unpaired) electrons. The van der Waals surface area contributed by atoms with E-state index >= 15 is 0 Å². The van der Waals surface area contributed by atoms with Gasteiger partial charge in [-0.3, -0.25) is 0 Å². The van der Waals surface area contributed by atoms with Crippen molar-refractivity contribution in [3.63, 3.8) is 0 Å². The van der Waals surface area contributed by atoms with Crippen LogP contribution in [-0.4, -0.2) is 16.8 Å². The Bertz CT molecular complexity index is 1370. The van der Waals surface area contributed by atoms with Gasteiger partial charge in [-0.25, -0.2) is 0 Å². The second kappa shape index (κ2) is 8.29. The van der Waals surface area contributed by atoms with Gasteiger partial charge in [-0.05, 0) is 50.2 Å². The number of hydrogen-bond donors (Lipinski definition) is 0. The predicted octanol–water partition coefficient (Wildman–Crippen LogP) is 4.99. The summed E-state index contributed by atoms with van der Waals surface area (Å²) < 4.78 is 61.7. The molecule has 0 saturated heterocycles. The molecular weight excluding hydrogens is 448 g/mol. The molecule has 0 spiro atoms. The largest absolute Gasteiger partial charge is 0.378 e. The Hall–Kier alpha value is -3.36. The Morgan fingerprint density at radius 3 is 1.19 bits per heavy atom. The van der Waals surface area contributed by atoms with Gasteiger partial charge in [0, 0.05) is 10.8 Å². The molecule has 0 aromatic heterocycles. The average Bonchev–Trinajstić information content (AvgIpc) is 2.74. The van der Waals surface area contributed by atoms with E-state index in [1.807, 2.05) is 13.8 Å². The lowest BCUT2D eigenvalue weighted by Crippen LogP contribution is -2.11. The van der Waals surface area contributed by atoms with E-state index in [4.69, 9.17) is 8.37 Å². The molecule has 0 aliphatic carbocycles. The third-order valence-corrected chi connectivity index (χ3v) is 7.36. The quantitative estimate of drug-likeness (QED) is 0.371. The minimum atomic E-state index is -4.08. The predicted molar refractivity (Wildman–Crippen MR) is 122 cm³/mol. The van der Waals surface area contributed by atoms with Gasteiger partial charge in [0.1, 0.15) is 9.79 Å². The van der Waals surface area contributed by atoms with E-state index in [9.17, 15) is 16.8 Å². The molecule has 0 saturated carbocycles. The lowest BCUT2D eigenvalue weighted by molar-refractivity contribution is 0.484. The van der Waals surface area contributed by atoms with Crippen molar-refractivity contribution in [1.82, 2.24) is 0 Å². The van der Waals surface area contributed by atoms with Crippen LogP contribution in [0, 0.1) is 13.8 Å². The highest BCUT2D eigenvalue weighted by Gasteiger charge is 2.21. The molecule has 4 aromatic carbocycles. The van der Waals surface area contributed by atoms with E-state index in [0.29, 0.717) is 10.8 Å². The van der Waals surface area contributed by atoms with Crippen LogP contribution in [0.2, 0.25) is 0 Å². The molecule has 0 amide bonds. The Balaban J connectivity index is 1.71. The molecule has 8 heteroatoms. The first kappa shape index (κ1) is 21.9. The molecule has 164 valence electrons. The average molecular weight is 469 g/mol. The molecule has 0 atom stereocenters. The Morgan fingerprint density at radius 1 is 0.500 bits per heavy atom. The molecule has 0 fully saturated rings. The van der Waals surface area contributed by atoms with E-state index in [0.717, 1.165) is 11.1 Å². The maximum atomic E-state index is 12.7. The van der Waals surface area contributed by atoms with E-state index in [1.54, 1.807) is 48.5 Å². The van der Waals surface area contributed by atoms with Crippen molar-refractivity contribution in [3.05, 3.63) is 96.1 Å². The smallest absolute Gasteiger partial charge is 0.339 e. The van der Waals surface area contributed by atoms with E-state index in [-0.39, 0.29) is 21.3 Å². The monoisotopic (exact) mass is 468 g/mol. The number of fused-ring (bicyclic) bond motifs is 1. The van der Waals surface area contributed by atoms with Crippen LogP contribution in [-0.2, 0) is 20.2 Å². The van der Waals surface area contributed by atoms with Crippen molar-refractivity contribution in [2.24, 2.45) is 0 Å². The zero-order chi connectivity index (χ0) is 22.9. The third-order valence-electron chi connectivity index (χ3n) is 4.86. The summed E-state index contributed by atoms with van der Waals surface area (Å²) in [6.07, 6.45) is 0. The van der Waals surface area contributed by atoms with Gasteiger partial charge in [-0.15, -0.1) is 0 Å². The Labute approximate surface area is 187 Å². The van der Waals surface area contributed by atoms with Crippen molar-refractivity contribution in [3.8, 4) is 11.5 Å². The van der Waals surface area contributed by atoms with Crippen LogP contribution in [0.4, 0.5) is 0 Å². The van der Waals surface area contributed by atoms with E-state index in [2.05, 4.69) is 0 Å². The second-order valence-corrected chi connectivity index (χ2v) is 10.4. The molecule has 6 nitrogen and oxygen atoms in total. The van der Waals surface area contributed by atoms with Gasteiger partial charge >= 0.3 is 20.2 Å². The molecule has 0 aliphatic heterocycles. The van der Waals surface area contributed by atoms with Crippen LogP contribution in [0.5, 0.6) is 11.5 Å². The van der Waals surface area contributed by atoms with Crippen molar-refractivity contribution < 1.29 is 25.2 Å². The van der Waals surface area contributed by atoms with Gasteiger partial charge in [0.05, 0.1) is 0 Å². The van der Waals surface area contributed by atoms with Gasteiger partial charge in [0.2, 0.25) is 0 Å². The first-order valence-electron chi connectivity index (χ1n) is 9.70. The minimum Gasteiger partial charge on any atom is -0.378 e.